The molecule has 0 aliphatic heterocycles. The number of nitrogens with zero attached hydrogens (tertiary/aromatic N) is 2. The van der Waals surface area contributed by atoms with E-state index in [0.29, 0.717) is 22.7 Å². The third-order valence-corrected chi connectivity index (χ3v) is 5.13. The molecule has 1 heterocycles. The Balaban J connectivity index is 2.18. The summed E-state index contributed by atoms with van der Waals surface area (Å²) < 4.78 is 39.1. The summed E-state index contributed by atoms with van der Waals surface area (Å²) >= 11 is 6.11. The quantitative estimate of drug-likeness (QED) is 0.571. The summed E-state index contributed by atoms with van der Waals surface area (Å²) in [5, 5.41) is 2.63. The van der Waals surface area contributed by atoms with Crippen molar-refractivity contribution < 1.29 is 22.7 Å². The van der Waals surface area contributed by atoms with Crippen molar-refractivity contribution in [3.63, 3.8) is 0 Å². The van der Waals surface area contributed by atoms with Crippen molar-refractivity contribution in [3.8, 4) is 11.8 Å². The number of anilines is 2. The first-order chi connectivity index (χ1) is 13.7. The smallest absolute Gasteiger partial charge is 0.336 e. The maximum atomic E-state index is 12.5. The molecule has 0 unspecified atom stereocenters. The van der Waals surface area contributed by atoms with Crippen LogP contribution in [0.15, 0.2) is 18.2 Å². The standard InChI is InChI=1S/C17H22ClN5O5S/c1-5-6-11-7-8-12(18)10(2)15(11)22-29(25,26)23-17(24)21-16-19-13(27-3)9-14(20-16)28-4/h7-9,22H,5-6H2,1-4H3,(H2,19,20,21,23,24). The molecule has 0 spiro atoms. The van der Waals surface area contributed by atoms with Crippen LogP contribution in [0.3, 0.4) is 0 Å². The van der Waals surface area contributed by atoms with Gasteiger partial charge in [-0.3, -0.25) is 10.0 Å². The molecule has 1 aromatic heterocycles. The Morgan fingerprint density at radius 2 is 1.79 bits per heavy atom. The molecule has 12 heteroatoms. The van der Waals surface area contributed by atoms with E-state index < -0.39 is 16.2 Å². The SMILES string of the molecule is CCCc1ccc(Cl)c(C)c1NS(=O)(=O)NC(=O)Nc1nc(OC)cc(OC)n1. The summed E-state index contributed by atoms with van der Waals surface area (Å²) in [6.07, 6.45) is 1.44. The lowest BCUT2D eigenvalue weighted by Crippen LogP contribution is -2.39. The van der Waals surface area contributed by atoms with E-state index in [0.717, 1.165) is 12.0 Å². The molecule has 2 amide bonds. The minimum atomic E-state index is -4.25. The second-order valence-electron chi connectivity index (χ2n) is 5.89. The zero-order valence-corrected chi connectivity index (χ0v) is 17.9. The summed E-state index contributed by atoms with van der Waals surface area (Å²) in [5.41, 5.74) is 1.66. The Labute approximate surface area is 174 Å². The highest BCUT2D eigenvalue weighted by Gasteiger charge is 2.19. The summed E-state index contributed by atoms with van der Waals surface area (Å²) in [6, 6.07) is 3.78. The summed E-state index contributed by atoms with van der Waals surface area (Å²) in [7, 11) is -1.50. The number of carbonyl (C=O) groups is 1. The molecule has 0 saturated carbocycles. The van der Waals surface area contributed by atoms with Crippen molar-refractivity contribution >= 4 is 39.5 Å². The summed E-state index contributed by atoms with van der Waals surface area (Å²) in [5.74, 6) is 0.0679. The van der Waals surface area contributed by atoms with Gasteiger partial charge in [-0.05, 0) is 30.5 Å². The van der Waals surface area contributed by atoms with Crippen molar-refractivity contribution in [1.82, 2.24) is 14.7 Å². The number of nitrogens with one attached hydrogen (secondary N) is 3. The van der Waals surface area contributed by atoms with Gasteiger partial charge in [0.1, 0.15) is 0 Å². The molecule has 2 aromatic rings. The Morgan fingerprint density at radius 3 is 2.34 bits per heavy atom. The van der Waals surface area contributed by atoms with Crippen LogP contribution < -0.4 is 24.2 Å². The third kappa shape index (κ3) is 6.09. The van der Waals surface area contributed by atoms with Gasteiger partial charge in [0.15, 0.2) is 0 Å². The zero-order chi connectivity index (χ0) is 21.6. The van der Waals surface area contributed by atoms with E-state index in [2.05, 4.69) is 20.0 Å². The van der Waals surface area contributed by atoms with Crippen molar-refractivity contribution in [1.29, 1.82) is 0 Å². The minimum Gasteiger partial charge on any atom is -0.481 e. The number of aromatic nitrogens is 2. The van der Waals surface area contributed by atoms with Gasteiger partial charge in [0.25, 0.3) is 0 Å². The minimum absolute atomic E-state index is 0.131. The molecule has 2 rings (SSSR count). The molecule has 1 aromatic carbocycles. The van der Waals surface area contributed by atoms with Crippen LogP contribution >= 0.6 is 11.6 Å². The number of aryl methyl sites for hydroxylation is 1. The Bertz CT molecular complexity index is 978. The highest BCUT2D eigenvalue weighted by atomic mass is 35.5. The fraction of sp³-hybridized carbons (Fsp3) is 0.353. The van der Waals surface area contributed by atoms with Crippen molar-refractivity contribution in [2.75, 3.05) is 24.3 Å². The second-order valence-corrected chi connectivity index (χ2v) is 7.72. The fourth-order valence-electron chi connectivity index (χ4n) is 2.44. The molecule has 0 aliphatic carbocycles. The van der Waals surface area contributed by atoms with Crippen molar-refractivity contribution in [2.24, 2.45) is 0 Å². The Hall–Kier alpha value is -2.79. The highest BCUT2D eigenvalue weighted by molar-refractivity contribution is 7.91. The molecule has 0 fully saturated rings. The number of halogens is 1. The Kier molecular flexibility index (Phi) is 7.46. The molecule has 10 nitrogen and oxygen atoms in total. The molecule has 29 heavy (non-hydrogen) atoms. The van der Waals surface area contributed by atoms with Crippen molar-refractivity contribution in [2.45, 2.75) is 26.7 Å². The van der Waals surface area contributed by atoms with Gasteiger partial charge in [0.2, 0.25) is 17.7 Å². The van der Waals surface area contributed by atoms with Crippen LogP contribution in [-0.2, 0) is 16.6 Å². The number of ether oxygens (including phenoxy) is 2. The largest absolute Gasteiger partial charge is 0.481 e. The number of amides is 2. The number of methoxy groups -OCH3 is 2. The van der Waals surface area contributed by atoms with Gasteiger partial charge < -0.3 is 9.47 Å². The van der Waals surface area contributed by atoms with Crippen LogP contribution in [-0.4, -0.2) is 38.6 Å². The number of hydrogen-bond acceptors (Lipinski definition) is 7. The predicted molar refractivity (Wildman–Crippen MR) is 110 cm³/mol. The lowest BCUT2D eigenvalue weighted by molar-refractivity contribution is 0.256. The van der Waals surface area contributed by atoms with Crippen LogP contribution in [0.1, 0.15) is 24.5 Å². The van der Waals surface area contributed by atoms with E-state index in [1.807, 2.05) is 11.6 Å². The van der Waals surface area contributed by atoms with E-state index in [9.17, 15) is 13.2 Å². The van der Waals surface area contributed by atoms with Gasteiger partial charge in [-0.2, -0.15) is 18.4 Å². The number of urea groups is 1. The molecule has 0 radical (unpaired) electrons. The first-order valence-electron chi connectivity index (χ1n) is 8.55. The van der Waals surface area contributed by atoms with Gasteiger partial charge >= 0.3 is 16.2 Å². The van der Waals surface area contributed by atoms with Gasteiger partial charge in [0.05, 0.1) is 26.0 Å². The first kappa shape index (κ1) is 22.5. The zero-order valence-electron chi connectivity index (χ0n) is 16.4. The Morgan fingerprint density at radius 1 is 1.17 bits per heavy atom. The van der Waals surface area contributed by atoms with E-state index in [-0.39, 0.29) is 17.7 Å². The molecular weight excluding hydrogens is 422 g/mol. The molecule has 0 atom stereocenters. The van der Waals surface area contributed by atoms with E-state index >= 15 is 0 Å². The molecule has 3 N–H and O–H groups in total. The van der Waals surface area contributed by atoms with Gasteiger partial charge in [-0.1, -0.05) is 31.0 Å². The lowest BCUT2D eigenvalue weighted by Gasteiger charge is -2.16. The molecule has 0 bridgehead atoms. The van der Waals surface area contributed by atoms with Gasteiger partial charge in [-0.25, -0.2) is 9.52 Å². The maximum Gasteiger partial charge on any atom is 0.336 e. The lowest BCUT2D eigenvalue weighted by atomic mass is 10.0. The maximum absolute atomic E-state index is 12.5. The monoisotopic (exact) mass is 443 g/mol. The molecular formula is C17H22ClN5O5S. The predicted octanol–water partition coefficient (Wildman–Crippen LogP) is 2.89. The van der Waals surface area contributed by atoms with Gasteiger partial charge in [0, 0.05) is 5.02 Å². The number of carbonyl (C=O) groups excluding carboxylic acids is 1. The number of benzene rings is 1. The summed E-state index contributed by atoms with van der Waals surface area (Å²) in [6.45, 7) is 3.66. The van der Waals surface area contributed by atoms with Crippen molar-refractivity contribution in [3.05, 3.63) is 34.3 Å². The number of rotatable bonds is 8. The van der Waals surface area contributed by atoms with E-state index in [1.54, 1.807) is 19.1 Å². The topological polar surface area (TPSA) is 132 Å². The van der Waals surface area contributed by atoms with Crippen LogP contribution in [0.25, 0.3) is 0 Å². The average molecular weight is 444 g/mol. The highest BCUT2D eigenvalue weighted by Crippen LogP contribution is 2.29. The average Bonchev–Trinajstić information content (AvgIpc) is 2.66. The third-order valence-electron chi connectivity index (χ3n) is 3.79. The van der Waals surface area contributed by atoms with E-state index in [1.165, 1.54) is 20.3 Å². The number of hydrogen-bond donors (Lipinski definition) is 3. The normalized spacial score (nSPS) is 10.9. The molecule has 0 saturated heterocycles. The van der Waals surface area contributed by atoms with Crippen LogP contribution in [0.5, 0.6) is 11.8 Å². The van der Waals surface area contributed by atoms with Crippen LogP contribution in [0.4, 0.5) is 16.4 Å². The van der Waals surface area contributed by atoms with Crippen LogP contribution in [0.2, 0.25) is 5.02 Å². The van der Waals surface area contributed by atoms with Gasteiger partial charge in [-0.15, -0.1) is 0 Å². The van der Waals surface area contributed by atoms with E-state index in [4.69, 9.17) is 21.1 Å². The molecule has 158 valence electrons. The summed E-state index contributed by atoms with van der Waals surface area (Å²) in [4.78, 5) is 20.0. The molecule has 0 aliphatic rings. The first-order valence-corrected chi connectivity index (χ1v) is 10.4. The van der Waals surface area contributed by atoms with Crippen LogP contribution in [0, 0.1) is 6.92 Å². The fourth-order valence-corrected chi connectivity index (χ4v) is 3.50. The second kappa shape index (κ2) is 9.61.